The van der Waals surface area contributed by atoms with Crippen molar-refractivity contribution < 1.29 is 4.42 Å². The van der Waals surface area contributed by atoms with Crippen LogP contribution in [-0.4, -0.2) is 18.1 Å². The van der Waals surface area contributed by atoms with Crippen molar-refractivity contribution in [3.63, 3.8) is 0 Å². The molecule has 5 nitrogen and oxygen atoms in total. The second-order valence-corrected chi connectivity index (χ2v) is 9.29. The lowest BCUT2D eigenvalue weighted by atomic mass is 10.1. The van der Waals surface area contributed by atoms with Crippen LogP contribution in [0.4, 0.5) is 11.4 Å². The highest BCUT2D eigenvalue weighted by molar-refractivity contribution is 7.13. The summed E-state index contributed by atoms with van der Waals surface area (Å²) in [5.41, 5.74) is 9.13. The average molecular weight is 501 g/mol. The Labute approximate surface area is 213 Å². The molecule has 0 bridgehead atoms. The Bertz CT molecular complexity index is 1510. The van der Waals surface area contributed by atoms with E-state index in [0.717, 1.165) is 57.3 Å². The minimum absolute atomic E-state index is 0.482. The predicted molar refractivity (Wildman–Crippen MR) is 147 cm³/mol. The SMILES string of the molecule is CCN(CC)c1ccc2cc(-c3nc(-c4ccc(Cl)cc4)cs3)c(=NNc3ccccc3)oc2c1. The quantitative estimate of drug-likeness (QED) is 0.233. The lowest BCUT2D eigenvalue weighted by molar-refractivity contribution is 0.543. The number of fused-ring (bicyclic) bond motifs is 1. The first-order chi connectivity index (χ1) is 17.1. The molecule has 176 valence electrons. The van der Waals surface area contributed by atoms with Crippen LogP contribution >= 0.6 is 22.9 Å². The van der Waals surface area contributed by atoms with E-state index in [4.69, 9.17) is 21.0 Å². The van der Waals surface area contributed by atoms with E-state index in [1.165, 1.54) is 0 Å². The number of halogens is 1. The molecule has 0 aliphatic heterocycles. The van der Waals surface area contributed by atoms with E-state index < -0.39 is 0 Å². The van der Waals surface area contributed by atoms with Gasteiger partial charge in [-0.1, -0.05) is 41.9 Å². The number of para-hydroxylation sites is 1. The van der Waals surface area contributed by atoms with Gasteiger partial charge < -0.3 is 9.32 Å². The van der Waals surface area contributed by atoms with Crippen molar-refractivity contribution in [1.29, 1.82) is 0 Å². The fraction of sp³-hybridized carbons (Fsp3) is 0.143. The van der Waals surface area contributed by atoms with Crippen molar-refractivity contribution >= 4 is 45.3 Å². The Morgan fingerprint density at radius 3 is 2.49 bits per heavy atom. The fourth-order valence-electron chi connectivity index (χ4n) is 3.91. The van der Waals surface area contributed by atoms with E-state index in [9.17, 15) is 0 Å². The number of benzene rings is 3. The monoisotopic (exact) mass is 500 g/mol. The summed E-state index contributed by atoms with van der Waals surface area (Å²) >= 11 is 7.62. The zero-order valence-electron chi connectivity index (χ0n) is 19.5. The molecule has 5 rings (SSSR count). The highest BCUT2D eigenvalue weighted by Crippen LogP contribution is 2.30. The van der Waals surface area contributed by atoms with E-state index in [2.05, 4.69) is 53.5 Å². The zero-order chi connectivity index (χ0) is 24.2. The van der Waals surface area contributed by atoms with Gasteiger partial charge in [0.05, 0.1) is 16.9 Å². The van der Waals surface area contributed by atoms with Crippen LogP contribution in [0.5, 0.6) is 0 Å². The smallest absolute Gasteiger partial charge is 0.246 e. The molecule has 0 aliphatic carbocycles. The minimum Gasteiger partial charge on any atom is -0.436 e. The highest BCUT2D eigenvalue weighted by Gasteiger charge is 2.13. The molecule has 1 N–H and O–H groups in total. The van der Waals surface area contributed by atoms with Gasteiger partial charge in [0.15, 0.2) is 0 Å². The molecular formula is C28H25ClN4OS. The summed E-state index contributed by atoms with van der Waals surface area (Å²) < 4.78 is 6.37. The Morgan fingerprint density at radius 2 is 1.74 bits per heavy atom. The van der Waals surface area contributed by atoms with Gasteiger partial charge in [-0.15, -0.1) is 16.4 Å². The van der Waals surface area contributed by atoms with E-state index >= 15 is 0 Å². The average Bonchev–Trinajstić information content (AvgIpc) is 3.39. The molecule has 0 atom stereocenters. The molecular weight excluding hydrogens is 476 g/mol. The van der Waals surface area contributed by atoms with Crippen LogP contribution in [0.15, 0.2) is 93.8 Å². The van der Waals surface area contributed by atoms with Gasteiger partial charge in [-0.25, -0.2) is 4.98 Å². The Balaban J connectivity index is 1.62. The molecule has 3 aromatic carbocycles. The Morgan fingerprint density at radius 1 is 0.971 bits per heavy atom. The third kappa shape index (κ3) is 5.09. The third-order valence-electron chi connectivity index (χ3n) is 5.80. The van der Waals surface area contributed by atoms with E-state index in [-0.39, 0.29) is 0 Å². The lowest BCUT2D eigenvalue weighted by Gasteiger charge is -2.21. The number of anilines is 2. The molecule has 0 aliphatic rings. The van der Waals surface area contributed by atoms with E-state index in [1.54, 1.807) is 11.3 Å². The van der Waals surface area contributed by atoms with Crippen molar-refractivity contribution in [2.75, 3.05) is 23.4 Å². The fourth-order valence-corrected chi connectivity index (χ4v) is 4.87. The second kappa shape index (κ2) is 10.3. The van der Waals surface area contributed by atoms with Crippen LogP contribution in [0.2, 0.25) is 5.02 Å². The minimum atomic E-state index is 0.482. The van der Waals surface area contributed by atoms with Gasteiger partial charge in [0.1, 0.15) is 10.6 Å². The molecule has 2 heterocycles. The molecule has 0 spiro atoms. The summed E-state index contributed by atoms with van der Waals surface area (Å²) in [5.74, 6) is 0. The normalized spacial score (nSPS) is 11.7. The number of hydrogen-bond donors (Lipinski definition) is 1. The van der Waals surface area contributed by atoms with Crippen molar-refractivity contribution in [2.45, 2.75) is 13.8 Å². The van der Waals surface area contributed by atoms with E-state index in [1.807, 2.05) is 60.0 Å². The number of nitrogens with one attached hydrogen (secondary N) is 1. The van der Waals surface area contributed by atoms with Crippen LogP contribution < -0.4 is 15.9 Å². The van der Waals surface area contributed by atoms with Gasteiger partial charge in [0.2, 0.25) is 5.55 Å². The standard InChI is InChI=1S/C28H25ClN4OS/c1-3-33(4-2)23-15-12-20-16-24(28-30-25(18-35-28)19-10-13-21(29)14-11-19)27(34-26(20)17-23)32-31-22-8-6-5-7-9-22/h5-18,31H,3-4H2,1-2H3. The number of thiazole rings is 1. The predicted octanol–water partition coefficient (Wildman–Crippen LogP) is 7.65. The summed E-state index contributed by atoms with van der Waals surface area (Å²) in [6.45, 7) is 6.16. The maximum absolute atomic E-state index is 6.37. The first-order valence-electron chi connectivity index (χ1n) is 11.5. The second-order valence-electron chi connectivity index (χ2n) is 7.99. The number of nitrogens with zero attached hydrogens (tertiary/aromatic N) is 3. The van der Waals surface area contributed by atoms with Crippen LogP contribution in [0.1, 0.15) is 13.8 Å². The molecule has 0 radical (unpaired) electrons. The van der Waals surface area contributed by atoms with Crippen LogP contribution in [0, 0.1) is 0 Å². The van der Waals surface area contributed by atoms with Crippen molar-refractivity contribution in [3.05, 3.63) is 94.8 Å². The highest BCUT2D eigenvalue weighted by atomic mass is 35.5. The molecule has 7 heteroatoms. The van der Waals surface area contributed by atoms with Gasteiger partial charge in [-0.2, -0.15) is 0 Å². The van der Waals surface area contributed by atoms with Crippen LogP contribution in [-0.2, 0) is 0 Å². The molecule has 0 saturated carbocycles. The van der Waals surface area contributed by atoms with E-state index in [0.29, 0.717) is 10.6 Å². The summed E-state index contributed by atoms with van der Waals surface area (Å²) in [6, 6.07) is 25.9. The summed E-state index contributed by atoms with van der Waals surface area (Å²) in [5, 5.41) is 9.21. The van der Waals surface area contributed by atoms with Gasteiger partial charge in [-0.05, 0) is 56.3 Å². The summed E-state index contributed by atoms with van der Waals surface area (Å²) in [4.78, 5) is 7.19. The molecule has 0 unspecified atom stereocenters. The van der Waals surface area contributed by atoms with Crippen molar-refractivity contribution in [2.24, 2.45) is 5.10 Å². The van der Waals surface area contributed by atoms with Gasteiger partial charge in [-0.3, -0.25) is 5.43 Å². The zero-order valence-corrected chi connectivity index (χ0v) is 21.1. The maximum atomic E-state index is 6.37. The van der Waals surface area contributed by atoms with Crippen molar-refractivity contribution in [1.82, 2.24) is 4.98 Å². The maximum Gasteiger partial charge on any atom is 0.246 e. The van der Waals surface area contributed by atoms with Crippen LogP contribution in [0.25, 0.3) is 32.8 Å². The number of rotatable bonds is 7. The molecule has 35 heavy (non-hydrogen) atoms. The van der Waals surface area contributed by atoms with Crippen LogP contribution in [0.3, 0.4) is 0 Å². The van der Waals surface area contributed by atoms with Gasteiger partial charge >= 0.3 is 0 Å². The summed E-state index contributed by atoms with van der Waals surface area (Å²) in [6.07, 6.45) is 0. The lowest BCUT2D eigenvalue weighted by Crippen LogP contribution is -2.21. The largest absolute Gasteiger partial charge is 0.436 e. The first-order valence-corrected chi connectivity index (χ1v) is 12.8. The first kappa shape index (κ1) is 23.1. The Kier molecular flexibility index (Phi) is 6.84. The molecule has 5 aromatic rings. The number of hydrogen-bond acceptors (Lipinski definition) is 6. The molecule has 0 fully saturated rings. The number of aromatic nitrogens is 1. The molecule has 2 aromatic heterocycles. The molecule has 0 amide bonds. The van der Waals surface area contributed by atoms with Gasteiger partial charge in [0, 0.05) is 46.2 Å². The van der Waals surface area contributed by atoms with Crippen molar-refractivity contribution in [3.8, 4) is 21.8 Å². The summed E-state index contributed by atoms with van der Waals surface area (Å²) in [7, 11) is 0. The topological polar surface area (TPSA) is 53.7 Å². The van der Waals surface area contributed by atoms with Gasteiger partial charge in [0.25, 0.3) is 0 Å². The molecule has 0 saturated heterocycles. The third-order valence-corrected chi connectivity index (χ3v) is 6.93. The Hall–Kier alpha value is -3.61.